The summed E-state index contributed by atoms with van der Waals surface area (Å²) in [5.41, 5.74) is 4.08. The van der Waals surface area contributed by atoms with Crippen LogP contribution in [0.2, 0.25) is 0 Å². The van der Waals surface area contributed by atoms with E-state index in [0.29, 0.717) is 22.5 Å². The highest BCUT2D eigenvalue weighted by Gasteiger charge is 2.14. The minimum Gasteiger partial charge on any atom is -0.370 e. The average Bonchev–Trinajstić information content (AvgIpc) is 2.74. The molecule has 2 rings (SSSR count). The van der Waals surface area contributed by atoms with E-state index in [1.807, 2.05) is 26.0 Å². The highest BCUT2D eigenvalue weighted by molar-refractivity contribution is 6.67. The lowest BCUT2D eigenvalue weighted by molar-refractivity contribution is 0.101. The first-order valence-electron chi connectivity index (χ1n) is 10.3. The fourth-order valence-electron chi connectivity index (χ4n) is 3.30. The van der Waals surface area contributed by atoms with Gasteiger partial charge in [-0.15, -0.1) is 10.2 Å². The van der Waals surface area contributed by atoms with Crippen LogP contribution in [0.4, 0.5) is 22.7 Å². The first-order valence-corrected chi connectivity index (χ1v) is 10.6. The molecule has 0 N–H and O–H groups in total. The number of nitrogens with zero attached hydrogens (tertiary/aromatic N) is 4. The van der Waals surface area contributed by atoms with Crippen LogP contribution < -0.4 is 9.80 Å². The van der Waals surface area contributed by atoms with Gasteiger partial charge in [-0.3, -0.25) is 9.59 Å². The van der Waals surface area contributed by atoms with E-state index in [9.17, 15) is 9.59 Å². The predicted molar refractivity (Wildman–Crippen MR) is 124 cm³/mol. The standard InChI is InChI=1S/C23H29ClN4O2/c1-6-27(7-2)21-14-17(16(5)29)10-12-19(21)25-26-20-13-11-18(23(24)30)15-22(20)28(8-3)9-4/h10-15H,6-9H2,1-5H3. The first kappa shape index (κ1) is 23.5. The highest BCUT2D eigenvalue weighted by atomic mass is 35.5. The van der Waals surface area contributed by atoms with Gasteiger partial charge in [0.15, 0.2) is 5.78 Å². The molecular formula is C23H29ClN4O2. The third-order valence-electron chi connectivity index (χ3n) is 5.06. The summed E-state index contributed by atoms with van der Waals surface area (Å²) in [6.45, 7) is 12.9. The zero-order chi connectivity index (χ0) is 22.3. The number of Topliss-reactive ketones (excluding diaryl/α,β-unsaturated/α-hetero) is 1. The number of anilines is 2. The van der Waals surface area contributed by atoms with Crippen LogP contribution in [-0.2, 0) is 0 Å². The van der Waals surface area contributed by atoms with Crippen LogP contribution in [0.1, 0.15) is 55.3 Å². The Morgan fingerprint density at radius 1 is 0.767 bits per heavy atom. The van der Waals surface area contributed by atoms with Gasteiger partial charge >= 0.3 is 0 Å². The molecule has 0 spiro atoms. The molecule has 0 radical (unpaired) electrons. The van der Waals surface area contributed by atoms with Gasteiger partial charge in [-0.05, 0) is 82.6 Å². The number of rotatable bonds is 10. The molecule has 0 aliphatic heterocycles. The van der Waals surface area contributed by atoms with E-state index in [4.69, 9.17) is 11.6 Å². The number of benzene rings is 2. The van der Waals surface area contributed by atoms with E-state index in [0.717, 1.165) is 37.6 Å². The number of hydrogen-bond acceptors (Lipinski definition) is 6. The molecular weight excluding hydrogens is 400 g/mol. The molecule has 30 heavy (non-hydrogen) atoms. The van der Waals surface area contributed by atoms with E-state index in [1.54, 1.807) is 31.2 Å². The minimum absolute atomic E-state index is 0.0112. The number of hydrogen-bond donors (Lipinski definition) is 0. The quantitative estimate of drug-likeness (QED) is 0.250. The van der Waals surface area contributed by atoms with Crippen LogP contribution >= 0.6 is 11.6 Å². The van der Waals surface area contributed by atoms with Crippen molar-refractivity contribution in [1.29, 1.82) is 0 Å². The largest absolute Gasteiger partial charge is 0.370 e. The second kappa shape index (κ2) is 10.9. The van der Waals surface area contributed by atoms with Crippen molar-refractivity contribution in [2.45, 2.75) is 34.6 Å². The molecule has 0 aliphatic rings. The minimum atomic E-state index is -0.504. The highest BCUT2D eigenvalue weighted by Crippen LogP contribution is 2.35. The summed E-state index contributed by atoms with van der Waals surface area (Å²) < 4.78 is 0. The van der Waals surface area contributed by atoms with Crippen molar-refractivity contribution >= 4 is 45.4 Å². The molecule has 0 unspecified atom stereocenters. The summed E-state index contributed by atoms with van der Waals surface area (Å²) >= 11 is 5.67. The first-order chi connectivity index (χ1) is 14.4. The second-order valence-electron chi connectivity index (χ2n) is 6.78. The predicted octanol–water partition coefficient (Wildman–Crippen LogP) is 6.38. The summed E-state index contributed by atoms with van der Waals surface area (Å²) in [6.07, 6.45) is 0. The van der Waals surface area contributed by atoms with Gasteiger partial charge in [0.1, 0.15) is 11.4 Å². The molecule has 0 saturated carbocycles. The normalized spacial score (nSPS) is 11.0. The van der Waals surface area contributed by atoms with Crippen molar-refractivity contribution in [3.05, 3.63) is 47.5 Å². The molecule has 6 nitrogen and oxygen atoms in total. The SMILES string of the molecule is CCN(CC)c1cc(C(C)=O)ccc1N=Nc1ccc(C(=O)Cl)cc1N(CC)CC. The Hall–Kier alpha value is -2.73. The molecule has 7 heteroatoms. The van der Waals surface area contributed by atoms with Gasteiger partial charge in [0, 0.05) is 37.3 Å². The summed E-state index contributed by atoms with van der Waals surface area (Å²) in [5, 5.41) is 8.50. The topological polar surface area (TPSA) is 65.3 Å². The summed E-state index contributed by atoms with van der Waals surface area (Å²) in [4.78, 5) is 27.7. The van der Waals surface area contributed by atoms with Gasteiger partial charge in [-0.25, -0.2) is 0 Å². The van der Waals surface area contributed by atoms with Gasteiger partial charge in [0.25, 0.3) is 5.24 Å². The Balaban J connectivity index is 2.55. The smallest absolute Gasteiger partial charge is 0.252 e. The fraction of sp³-hybridized carbons (Fsp3) is 0.391. The number of azo groups is 1. The van der Waals surface area contributed by atoms with Crippen LogP contribution in [0.3, 0.4) is 0 Å². The van der Waals surface area contributed by atoms with Crippen molar-refractivity contribution < 1.29 is 9.59 Å². The van der Waals surface area contributed by atoms with Crippen LogP contribution in [-0.4, -0.2) is 37.2 Å². The molecule has 0 heterocycles. The lowest BCUT2D eigenvalue weighted by atomic mass is 10.1. The number of ketones is 1. The maximum Gasteiger partial charge on any atom is 0.252 e. The molecule has 0 aromatic heterocycles. The van der Waals surface area contributed by atoms with Crippen LogP contribution in [0.15, 0.2) is 46.6 Å². The van der Waals surface area contributed by atoms with Crippen molar-refractivity contribution in [1.82, 2.24) is 0 Å². The molecule has 2 aromatic rings. The Kier molecular flexibility index (Phi) is 8.54. The van der Waals surface area contributed by atoms with Gasteiger partial charge < -0.3 is 9.80 Å². The molecule has 0 aliphatic carbocycles. The summed E-state index contributed by atoms with van der Waals surface area (Å²) in [6, 6.07) is 10.6. The van der Waals surface area contributed by atoms with Gasteiger partial charge in [0.2, 0.25) is 0 Å². The Morgan fingerprint density at radius 3 is 1.53 bits per heavy atom. The molecule has 0 bridgehead atoms. The zero-order valence-corrected chi connectivity index (χ0v) is 19.0. The van der Waals surface area contributed by atoms with Crippen LogP contribution in [0.5, 0.6) is 0 Å². The third kappa shape index (κ3) is 5.45. The van der Waals surface area contributed by atoms with Crippen molar-refractivity contribution in [3.63, 3.8) is 0 Å². The second-order valence-corrected chi connectivity index (χ2v) is 7.12. The monoisotopic (exact) mass is 428 g/mol. The molecule has 0 saturated heterocycles. The maximum absolute atomic E-state index is 11.8. The van der Waals surface area contributed by atoms with E-state index >= 15 is 0 Å². The Bertz CT molecular complexity index is 859. The van der Waals surface area contributed by atoms with Crippen LogP contribution in [0.25, 0.3) is 0 Å². The van der Waals surface area contributed by atoms with E-state index in [1.165, 1.54) is 0 Å². The Labute approximate surface area is 183 Å². The van der Waals surface area contributed by atoms with E-state index in [-0.39, 0.29) is 5.78 Å². The fourth-order valence-corrected chi connectivity index (χ4v) is 3.42. The lowest BCUT2D eigenvalue weighted by Gasteiger charge is -2.24. The maximum atomic E-state index is 11.8. The van der Waals surface area contributed by atoms with Gasteiger partial charge in [-0.2, -0.15) is 0 Å². The van der Waals surface area contributed by atoms with Crippen molar-refractivity contribution in [2.75, 3.05) is 36.0 Å². The molecule has 160 valence electrons. The van der Waals surface area contributed by atoms with E-state index < -0.39 is 5.24 Å². The average molecular weight is 429 g/mol. The zero-order valence-electron chi connectivity index (χ0n) is 18.3. The number of halogens is 1. The molecule has 0 amide bonds. The lowest BCUT2D eigenvalue weighted by Crippen LogP contribution is -2.22. The molecule has 2 aromatic carbocycles. The molecule has 0 fully saturated rings. The summed E-state index contributed by atoms with van der Waals surface area (Å²) in [5.74, 6) is 0.0112. The Morgan fingerprint density at radius 2 is 1.17 bits per heavy atom. The van der Waals surface area contributed by atoms with Crippen molar-refractivity contribution in [2.24, 2.45) is 10.2 Å². The van der Waals surface area contributed by atoms with Gasteiger partial charge in [-0.1, -0.05) is 0 Å². The van der Waals surface area contributed by atoms with E-state index in [2.05, 4.69) is 33.9 Å². The third-order valence-corrected chi connectivity index (χ3v) is 5.28. The van der Waals surface area contributed by atoms with Crippen molar-refractivity contribution in [3.8, 4) is 0 Å². The number of carbonyl (C=O) groups excluding carboxylic acids is 2. The number of carbonyl (C=O) groups is 2. The summed E-state index contributed by atoms with van der Waals surface area (Å²) in [7, 11) is 0. The van der Waals surface area contributed by atoms with Crippen LogP contribution in [0, 0.1) is 0 Å². The molecule has 0 atom stereocenters. The van der Waals surface area contributed by atoms with Gasteiger partial charge in [0.05, 0.1) is 11.4 Å².